The summed E-state index contributed by atoms with van der Waals surface area (Å²) in [5.74, 6) is 9.27. The van der Waals surface area contributed by atoms with Crippen molar-refractivity contribution in [2.75, 3.05) is 26.2 Å². The fourth-order valence-electron chi connectivity index (χ4n) is 19.4. The lowest BCUT2D eigenvalue weighted by Crippen LogP contribution is -2.51. The van der Waals surface area contributed by atoms with E-state index in [0.717, 1.165) is 116 Å². The predicted octanol–water partition coefficient (Wildman–Crippen LogP) is 15.6. The third-order valence-electron chi connectivity index (χ3n) is 23.5. The standard InChI is InChI=1S/C64H108N4O6/c1-43(2)15-13-17-45(5)53-23-25-55-51-21-19-47-41-49(27-33-61(47,7)57(51)29-35-63(53,55)9)73-59(69)31-38-65-37-11-12-39-67(68(72)66-71)40-32-60(70)74-50-28-34-62(8)48(42-50)20-22-52-56-26-24-54(46(6)18-14-16-44(3)4)64(56,10)36-30-58(52)62/h19-20,43-46,49-58,65,71H,11-18,21-42H2,1-10H3/t45-,46-,49+,50+,51+,52+,53-,54-,55+,56+,57+,58+,61+,62+,63-,64-/m1/s1. The zero-order chi connectivity index (χ0) is 53.0. The Kier molecular flexibility index (Phi) is 19.1. The van der Waals surface area contributed by atoms with Gasteiger partial charge in [0.1, 0.15) is 12.2 Å². The minimum Gasteiger partial charge on any atom is -0.569 e. The van der Waals surface area contributed by atoms with Crippen LogP contribution in [0.1, 0.15) is 236 Å². The number of hydrogen-bond donors (Lipinski definition) is 2. The molecule has 0 radical (unpaired) electrons. The van der Waals surface area contributed by atoms with E-state index in [0.29, 0.717) is 43.3 Å². The maximum atomic E-state index is 13.3. The van der Waals surface area contributed by atoms with Crippen LogP contribution in [0.2, 0.25) is 0 Å². The number of rotatable bonds is 24. The molecule has 0 unspecified atom stereocenters. The van der Waals surface area contributed by atoms with Gasteiger partial charge in [0.2, 0.25) is 5.28 Å². The molecular weight excluding hydrogens is 921 g/mol. The smallest absolute Gasteiger partial charge is 0.308 e. The molecule has 0 aromatic rings. The Bertz CT molecular complexity index is 1980. The Morgan fingerprint density at radius 1 is 0.635 bits per heavy atom. The van der Waals surface area contributed by atoms with Gasteiger partial charge < -0.3 is 25.2 Å². The van der Waals surface area contributed by atoms with Crippen LogP contribution in [0.3, 0.4) is 0 Å². The molecule has 16 atom stereocenters. The van der Waals surface area contributed by atoms with E-state index in [-0.39, 0.29) is 52.9 Å². The predicted molar refractivity (Wildman–Crippen MR) is 297 cm³/mol. The first-order valence-electron chi connectivity index (χ1n) is 31.4. The number of allylic oxidation sites excluding steroid dienone is 2. The van der Waals surface area contributed by atoms with Crippen LogP contribution >= 0.6 is 0 Å². The summed E-state index contributed by atoms with van der Waals surface area (Å²) in [5.41, 5.74) is 4.46. The monoisotopic (exact) mass is 1030 g/mol. The number of unbranched alkanes of at least 4 members (excludes halogenated alkanes) is 1. The summed E-state index contributed by atoms with van der Waals surface area (Å²) >= 11 is 0. The van der Waals surface area contributed by atoms with E-state index in [1.54, 1.807) is 5.57 Å². The highest BCUT2D eigenvalue weighted by Crippen LogP contribution is 2.69. The van der Waals surface area contributed by atoms with Crippen molar-refractivity contribution in [3.05, 3.63) is 28.5 Å². The van der Waals surface area contributed by atoms with Crippen molar-refractivity contribution >= 4 is 11.9 Å². The zero-order valence-corrected chi connectivity index (χ0v) is 48.8. The highest BCUT2D eigenvalue weighted by Gasteiger charge is 2.61. The van der Waals surface area contributed by atoms with Crippen molar-refractivity contribution in [1.29, 1.82) is 0 Å². The van der Waals surface area contributed by atoms with Gasteiger partial charge in [-0.2, -0.15) is 0 Å². The van der Waals surface area contributed by atoms with Crippen molar-refractivity contribution in [2.45, 2.75) is 248 Å². The van der Waals surface area contributed by atoms with Gasteiger partial charge in [0, 0.05) is 19.4 Å². The number of ether oxygens (including phenoxy) is 2. The number of nitrogens with zero attached hydrogens (tertiary/aromatic N) is 3. The van der Waals surface area contributed by atoms with Gasteiger partial charge in [0.25, 0.3) is 0 Å². The van der Waals surface area contributed by atoms with E-state index < -0.39 is 0 Å². The van der Waals surface area contributed by atoms with Gasteiger partial charge in [-0.15, -0.1) is 5.01 Å². The van der Waals surface area contributed by atoms with E-state index in [2.05, 4.69) is 92.0 Å². The highest BCUT2D eigenvalue weighted by atomic mass is 16.6. The molecule has 0 aromatic carbocycles. The second kappa shape index (κ2) is 24.6. The Morgan fingerprint density at radius 2 is 1.12 bits per heavy atom. The van der Waals surface area contributed by atoms with Crippen LogP contribution in [-0.4, -0.2) is 65.5 Å². The topological polar surface area (TPSA) is 127 Å². The van der Waals surface area contributed by atoms with Gasteiger partial charge >= 0.3 is 11.9 Å². The van der Waals surface area contributed by atoms with Crippen LogP contribution in [0.4, 0.5) is 0 Å². The average Bonchev–Trinajstić information content (AvgIpc) is 3.91. The van der Waals surface area contributed by atoms with Crippen LogP contribution in [0.25, 0.3) is 0 Å². The quantitative estimate of drug-likeness (QED) is 0.0244. The first-order valence-corrected chi connectivity index (χ1v) is 31.4. The van der Waals surface area contributed by atoms with Crippen molar-refractivity contribution in [3.63, 3.8) is 0 Å². The summed E-state index contributed by atoms with van der Waals surface area (Å²) in [6.07, 6.45) is 34.2. The Hall–Kier alpha value is -2.62. The Balaban J connectivity index is 0.707. The third kappa shape index (κ3) is 12.3. The second-order valence-corrected chi connectivity index (χ2v) is 28.5. The molecule has 0 amide bonds. The van der Waals surface area contributed by atoms with Crippen molar-refractivity contribution < 1.29 is 29.2 Å². The first kappa shape index (κ1) is 57.6. The summed E-state index contributed by atoms with van der Waals surface area (Å²) < 4.78 is 12.2. The zero-order valence-electron chi connectivity index (χ0n) is 48.8. The number of hydrazine groups is 1. The van der Waals surface area contributed by atoms with E-state index in [1.165, 1.54) is 113 Å². The molecule has 10 nitrogen and oxygen atoms in total. The van der Waals surface area contributed by atoms with Gasteiger partial charge in [-0.3, -0.25) is 9.59 Å². The summed E-state index contributed by atoms with van der Waals surface area (Å²) in [6, 6.07) is 0. The largest absolute Gasteiger partial charge is 0.569 e. The molecule has 0 saturated heterocycles. The van der Waals surface area contributed by atoms with Crippen molar-refractivity contribution in [2.24, 2.45) is 98.0 Å². The number of hydrogen-bond acceptors (Lipinski definition) is 7. The Labute approximate surface area is 450 Å². The van der Waals surface area contributed by atoms with E-state index in [9.17, 15) is 20.0 Å². The third-order valence-corrected chi connectivity index (χ3v) is 23.5. The van der Waals surface area contributed by atoms with Gasteiger partial charge in [-0.1, -0.05) is 131 Å². The molecular formula is C64H108N4O6. The van der Waals surface area contributed by atoms with Crippen LogP contribution in [0.15, 0.2) is 28.6 Å². The molecule has 10 heteroatoms. The molecule has 2 N–H and O–H groups in total. The number of carbonyl (C=O) groups excluding carboxylic acids is 2. The van der Waals surface area contributed by atoms with Gasteiger partial charge in [-0.05, 0) is 202 Å². The van der Waals surface area contributed by atoms with Crippen molar-refractivity contribution in [3.8, 4) is 0 Å². The minimum atomic E-state index is -0.302. The molecule has 6 fully saturated rings. The molecule has 420 valence electrons. The SMILES string of the molecule is CC(C)CCC[C@@H](C)[C@H]1CC[C@H]2[C@@H]3CC=C4C[C@@H](OC(=O)CCNCCCCN(CCC(=O)O[C@H]5CC[C@@]6(C)C(=CC[C@H]7[C@@H]8CC[C@H]([C@H](C)CCCC(C)C)[C@@]8(C)CC[C@@H]76)C5)[N+]([O-])=NO)CC[C@]4(C)[C@H]3CC[C@]12C. The summed E-state index contributed by atoms with van der Waals surface area (Å²) in [7, 11) is 0. The van der Waals surface area contributed by atoms with E-state index >= 15 is 0 Å². The molecule has 8 aliphatic carbocycles. The molecule has 6 saturated carbocycles. The maximum absolute atomic E-state index is 13.3. The lowest BCUT2D eigenvalue weighted by Gasteiger charge is -2.58. The molecule has 74 heavy (non-hydrogen) atoms. The fraction of sp³-hybridized carbons (Fsp3) is 0.906. The molecule has 8 rings (SSSR count). The van der Waals surface area contributed by atoms with Crippen LogP contribution in [0.5, 0.6) is 0 Å². The summed E-state index contributed by atoms with van der Waals surface area (Å²) in [4.78, 5) is 26.5. The Morgan fingerprint density at radius 3 is 1.59 bits per heavy atom. The molecule has 0 spiro atoms. The number of carbonyl (C=O) groups is 2. The minimum absolute atomic E-state index is 0.0299. The molecule has 0 bridgehead atoms. The van der Waals surface area contributed by atoms with E-state index in [4.69, 9.17) is 9.47 Å². The lowest BCUT2D eigenvalue weighted by molar-refractivity contribution is -0.709. The fourth-order valence-corrected chi connectivity index (χ4v) is 19.4. The van der Waals surface area contributed by atoms with Gasteiger partial charge in [0.15, 0.2) is 0 Å². The van der Waals surface area contributed by atoms with Gasteiger partial charge in [-0.25, -0.2) is 0 Å². The first-order chi connectivity index (χ1) is 35.3. The molecule has 0 aromatic heterocycles. The number of nitrogens with one attached hydrogen (secondary N) is 1. The lowest BCUT2D eigenvalue weighted by atomic mass is 9.47. The van der Waals surface area contributed by atoms with Crippen LogP contribution in [-0.2, 0) is 19.1 Å². The van der Waals surface area contributed by atoms with E-state index in [1.807, 2.05) is 0 Å². The van der Waals surface area contributed by atoms with Crippen LogP contribution < -0.4 is 5.32 Å². The maximum Gasteiger partial charge on any atom is 0.308 e. The second-order valence-electron chi connectivity index (χ2n) is 28.5. The summed E-state index contributed by atoms with van der Waals surface area (Å²) in [6.45, 7) is 26.7. The van der Waals surface area contributed by atoms with Gasteiger partial charge in [0.05, 0.1) is 30.9 Å². The normalized spacial score (nSPS) is 38.4. The highest BCUT2D eigenvalue weighted by molar-refractivity contribution is 5.70. The number of fused-ring (bicyclic) bond motifs is 10. The summed E-state index contributed by atoms with van der Waals surface area (Å²) in [5, 5.41) is 29.5. The molecule has 0 heterocycles. The molecule has 8 aliphatic rings. The average molecular weight is 1030 g/mol. The number of esters is 2. The van der Waals surface area contributed by atoms with Crippen LogP contribution in [0, 0.1) is 97.9 Å². The van der Waals surface area contributed by atoms with Crippen molar-refractivity contribution in [1.82, 2.24) is 10.3 Å². The molecule has 0 aliphatic heterocycles.